The molecule has 0 radical (unpaired) electrons. The third kappa shape index (κ3) is 2.43. The quantitative estimate of drug-likeness (QED) is 0.885. The Hall–Kier alpha value is -1.69. The minimum atomic E-state index is -0.218. The molecule has 0 unspecified atom stereocenters. The van der Waals surface area contributed by atoms with Crippen LogP contribution in [-0.4, -0.2) is 21.1 Å². The molecule has 1 aliphatic rings. The number of aromatic amines is 1. The Morgan fingerprint density at radius 2 is 2.39 bits per heavy atom. The molecule has 6 heteroatoms. The molecule has 2 heterocycles. The largest absolute Gasteiger partial charge is 0.344 e. The number of nitrogens with one attached hydrogen (secondary N) is 2. The van der Waals surface area contributed by atoms with Gasteiger partial charge in [0.1, 0.15) is 5.82 Å². The van der Waals surface area contributed by atoms with Gasteiger partial charge >= 0.3 is 0 Å². The molecule has 2 aromatic heterocycles. The van der Waals surface area contributed by atoms with Crippen LogP contribution in [0.5, 0.6) is 0 Å². The van der Waals surface area contributed by atoms with Gasteiger partial charge in [-0.3, -0.25) is 9.89 Å². The van der Waals surface area contributed by atoms with Crippen LogP contribution in [0.1, 0.15) is 45.0 Å². The molecular weight excluding hydrogens is 248 g/mol. The molecule has 18 heavy (non-hydrogen) atoms. The Balaban J connectivity index is 1.59. The predicted octanol–water partition coefficient (Wildman–Crippen LogP) is 1.98. The Labute approximate surface area is 109 Å². The number of hydrogen-bond donors (Lipinski definition) is 2. The molecule has 1 saturated carbocycles. The number of hydrogen-bond acceptors (Lipinski definition) is 4. The Bertz CT molecular complexity index is 570. The second-order valence-electron chi connectivity index (χ2n) is 4.51. The maximum atomic E-state index is 11.8. The van der Waals surface area contributed by atoms with Gasteiger partial charge in [0.2, 0.25) is 5.82 Å². The van der Waals surface area contributed by atoms with Gasteiger partial charge in [0.25, 0.3) is 5.91 Å². The molecule has 2 aromatic rings. The maximum Gasteiger partial charge on any atom is 0.291 e. The summed E-state index contributed by atoms with van der Waals surface area (Å²) in [6.07, 6.45) is 2.29. The highest BCUT2D eigenvalue weighted by Gasteiger charge is 2.28. The molecule has 0 atom stereocenters. The molecule has 1 fully saturated rings. The first-order valence-electron chi connectivity index (χ1n) is 5.98. The lowest BCUT2D eigenvalue weighted by atomic mass is 10.4. The third-order valence-corrected chi connectivity index (χ3v) is 3.89. The van der Waals surface area contributed by atoms with E-state index in [9.17, 15) is 4.79 Å². The average Bonchev–Trinajstić information content (AvgIpc) is 2.94. The summed E-state index contributed by atoms with van der Waals surface area (Å²) in [7, 11) is 0. The number of carbonyl (C=O) groups excluding carboxylic acids is 1. The van der Waals surface area contributed by atoms with Crippen LogP contribution < -0.4 is 5.32 Å². The Morgan fingerprint density at radius 3 is 3.06 bits per heavy atom. The highest BCUT2D eigenvalue weighted by molar-refractivity contribution is 7.11. The second-order valence-corrected chi connectivity index (χ2v) is 5.89. The zero-order valence-corrected chi connectivity index (χ0v) is 10.9. The molecule has 1 aliphatic carbocycles. The number of thiophene rings is 1. The SMILES string of the molecule is Cc1ccc(CNC(=O)c2n[nH]c(C3CC3)n2)s1. The molecule has 5 nitrogen and oxygen atoms in total. The number of aromatic nitrogens is 3. The van der Waals surface area contributed by atoms with Gasteiger partial charge in [-0.25, -0.2) is 4.98 Å². The second kappa shape index (κ2) is 4.53. The van der Waals surface area contributed by atoms with E-state index in [2.05, 4.69) is 20.5 Å². The average molecular weight is 262 g/mol. The van der Waals surface area contributed by atoms with E-state index in [0.29, 0.717) is 12.5 Å². The molecule has 0 bridgehead atoms. The van der Waals surface area contributed by atoms with E-state index in [1.165, 1.54) is 4.88 Å². The van der Waals surface area contributed by atoms with E-state index >= 15 is 0 Å². The van der Waals surface area contributed by atoms with Crippen molar-refractivity contribution in [3.8, 4) is 0 Å². The summed E-state index contributed by atoms with van der Waals surface area (Å²) in [6.45, 7) is 2.58. The van der Waals surface area contributed by atoms with Gasteiger partial charge < -0.3 is 5.32 Å². The van der Waals surface area contributed by atoms with Crippen molar-refractivity contribution in [3.63, 3.8) is 0 Å². The molecule has 0 aromatic carbocycles. The number of rotatable bonds is 4. The van der Waals surface area contributed by atoms with E-state index in [1.807, 2.05) is 19.1 Å². The molecule has 94 valence electrons. The summed E-state index contributed by atoms with van der Waals surface area (Å²) in [5.74, 6) is 1.35. The lowest BCUT2D eigenvalue weighted by Crippen LogP contribution is -2.23. The van der Waals surface area contributed by atoms with Crippen LogP contribution in [0.15, 0.2) is 12.1 Å². The Kier molecular flexibility index (Phi) is 2.87. The summed E-state index contributed by atoms with van der Waals surface area (Å²) < 4.78 is 0. The fraction of sp³-hybridized carbons (Fsp3) is 0.417. The van der Waals surface area contributed by atoms with E-state index in [-0.39, 0.29) is 11.7 Å². The molecule has 0 saturated heterocycles. The number of aryl methyl sites for hydroxylation is 1. The number of carbonyl (C=O) groups is 1. The topological polar surface area (TPSA) is 70.7 Å². The van der Waals surface area contributed by atoms with Crippen molar-refractivity contribution < 1.29 is 4.79 Å². The lowest BCUT2D eigenvalue weighted by molar-refractivity contribution is 0.0941. The van der Waals surface area contributed by atoms with Gasteiger partial charge in [-0.1, -0.05) is 0 Å². The van der Waals surface area contributed by atoms with Gasteiger partial charge in [0.05, 0.1) is 6.54 Å². The monoisotopic (exact) mass is 262 g/mol. The van der Waals surface area contributed by atoms with Crippen molar-refractivity contribution in [2.24, 2.45) is 0 Å². The fourth-order valence-corrected chi connectivity index (χ4v) is 2.57. The fourth-order valence-electron chi connectivity index (χ4n) is 1.74. The highest BCUT2D eigenvalue weighted by Crippen LogP contribution is 2.37. The van der Waals surface area contributed by atoms with E-state index in [1.54, 1.807) is 11.3 Å². The van der Waals surface area contributed by atoms with Gasteiger partial charge in [-0.2, -0.15) is 0 Å². The first kappa shape index (κ1) is 11.4. The molecule has 0 spiro atoms. The van der Waals surface area contributed by atoms with Gasteiger partial charge in [-0.15, -0.1) is 16.4 Å². The zero-order chi connectivity index (χ0) is 12.5. The number of H-pyrrole nitrogens is 1. The standard InChI is InChI=1S/C12H14N4OS/c1-7-2-5-9(18-7)6-13-12(17)11-14-10(15-16-11)8-3-4-8/h2,5,8H,3-4,6H2,1H3,(H,13,17)(H,14,15,16). The van der Waals surface area contributed by atoms with Gasteiger partial charge in [0.15, 0.2) is 0 Å². The Morgan fingerprint density at radius 1 is 1.56 bits per heavy atom. The first-order chi connectivity index (χ1) is 8.72. The molecular formula is C12H14N4OS. The van der Waals surface area contributed by atoms with Crippen LogP contribution in [0.2, 0.25) is 0 Å². The molecule has 0 aliphatic heterocycles. The van der Waals surface area contributed by atoms with Crippen molar-refractivity contribution in [1.82, 2.24) is 20.5 Å². The summed E-state index contributed by atoms with van der Waals surface area (Å²) in [5, 5.41) is 9.61. The molecule has 3 rings (SSSR count). The van der Waals surface area contributed by atoms with Crippen LogP contribution >= 0.6 is 11.3 Å². The van der Waals surface area contributed by atoms with Crippen LogP contribution in [0.3, 0.4) is 0 Å². The van der Waals surface area contributed by atoms with Gasteiger partial charge in [0, 0.05) is 15.7 Å². The van der Waals surface area contributed by atoms with Crippen molar-refractivity contribution in [1.29, 1.82) is 0 Å². The van der Waals surface area contributed by atoms with Crippen molar-refractivity contribution >= 4 is 17.2 Å². The predicted molar refractivity (Wildman–Crippen MR) is 68.6 cm³/mol. The summed E-state index contributed by atoms with van der Waals surface area (Å²) in [5.41, 5.74) is 0. The van der Waals surface area contributed by atoms with Gasteiger partial charge in [-0.05, 0) is 31.9 Å². The van der Waals surface area contributed by atoms with E-state index in [0.717, 1.165) is 23.5 Å². The van der Waals surface area contributed by atoms with Crippen LogP contribution in [0.25, 0.3) is 0 Å². The zero-order valence-electron chi connectivity index (χ0n) is 10.1. The van der Waals surface area contributed by atoms with Crippen molar-refractivity contribution in [2.45, 2.75) is 32.2 Å². The lowest BCUT2D eigenvalue weighted by Gasteiger charge is -1.99. The summed E-state index contributed by atoms with van der Waals surface area (Å²) in [4.78, 5) is 18.4. The molecule has 2 N–H and O–H groups in total. The maximum absolute atomic E-state index is 11.8. The normalized spacial score (nSPS) is 14.7. The smallest absolute Gasteiger partial charge is 0.291 e. The number of amides is 1. The number of nitrogens with zero attached hydrogens (tertiary/aromatic N) is 2. The van der Waals surface area contributed by atoms with E-state index < -0.39 is 0 Å². The molecule has 1 amide bonds. The first-order valence-corrected chi connectivity index (χ1v) is 6.80. The minimum Gasteiger partial charge on any atom is -0.344 e. The van der Waals surface area contributed by atoms with Crippen molar-refractivity contribution in [2.75, 3.05) is 0 Å². The third-order valence-electron chi connectivity index (χ3n) is 2.89. The summed E-state index contributed by atoms with van der Waals surface area (Å²) in [6, 6.07) is 4.07. The summed E-state index contributed by atoms with van der Waals surface area (Å²) >= 11 is 1.68. The van der Waals surface area contributed by atoms with Crippen molar-refractivity contribution in [3.05, 3.63) is 33.5 Å². The minimum absolute atomic E-state index is 0.218. The highest BCUT2D eigenvalue weighted by atomic mass is 32.1. The van der Waals surface area contributed by atoms with E-state index in [4.69, 9.17) is 0 Å². The van der Waals surface area contributed by atoms with Crippen LogP contribution in [0.4, 0.5) is 0 Å². The van der Waals surface area contributed by atoms with Crippen LogP contribution in [-0.2, 0) is 6.54 Å². The van der Waals surface area contributed by atoms with Crippen LogP contribution in [0, 0.1) is 6.92 Å².